The van der Waals surface area contributed by atoms with Crippen LogP contribution in [0.2, 0.25) is 0 Å². The molecule has 27 heavy (non-hydrogen) atoms. The van der Waals surface area contributed by atoms with Gasteiger partial charge in [0.15, 0.2) is 0 Å². The SMILES string of the molecule is CCN(CC)C(=S)[S-].CCc1cn([C@H]2C[C@H](O)[C@@H](CO)O2)c(=O)[nH]c1=O.[Na+]. The van der Waals surface area contributed by atoms with E-state index in [-0.39, 0.29) is 42.6 Å². The van der Waals surface area contributed by atoms with Crippen molar-refractivity contribution in [1.29, 1.82) is 0 Å². The molecular weight excluding hydrogens is 401 g/mol. The Balaban J connectivity index is 0.000000645. The third-order valence-corrected chi connectivity index (χ3v) is 4.65. The molecule has 0 amide bonds. The third kappa shape index (κ3) is 7.54. The van der Waals surface area contributed by atoms with Gasteiger partial charge in [0.1, 0.15) is 12.3 Å². The predicted octanol–water partition coefficient (Wildman–Crippen LogP) is -3.10. The number of rotatable bonds is 5. The molecule has 0 radical (unpaired) electrons. The van der Waals surface area contributed by atoms with E-state index in [2.05, 4.69) is 4.98 Å². The van der Waals surface area contributed by atoms with Gasteiger partial charge >= 0.3 is 35.2 Å². The van der Waals surface area contributed by atoms with Gasteiger partial charge in [-0.25, -0.2) is 4.79 Å². The molecule has 11 heteroatoms. The van der Waals surface area contributed by atoms with Crippen LogP contribution in [0.1, 0.15) is 39.0 Å². The van der Waals surface area contributed by atoms with E-state index in [4.69, 9.17) is 34.7 Å². The van der Waals surface area contributed by atoms with E-state index in [0.717, 1.165) is 13.1 Å². The molecule has 0 aliphatic carbocycles. The van der Waals surface area contributed by atoms with Crippen molar-refractivity contribution in [3.05, 3.63) is 32.6 Å². The van der Waals surface area contributed by atoms with Crippen LogP contribution in [-0.4, -0.2) is 60.9 Å². The monoisotopic (exact) mass is 427 g/mol. The maximum Gasteiger partial charge on any atom is 1.00 e. The number of aliphatic hydroxyl groups is 2. The van der Waals surface area contributed by atoms with Crippen molar-refractivity contribution in [3.63, 3.8) is 0 Å². The summed E-state index contributed by atoms with van der Waals surface area (Å²) >= 11 is 9.51. The first-order chi connectivity index (χ1) is 12.3. The van der Waals surface area contributed by atoms with E-state index < -0.39 is 29.7 Å². The van der Waals surface area contributed by atoms with Crippen LogP contribution in [0, 0.1) is 0 Å². The molecule has 1 aromatic rings. The molecule has 1 aromatic heterocycles. The number of aromatic amines is 1. The second kappa shape index (κ2) is 13.0. The molecule has 0 bridgehead atoms. The first-order valence-corrected chi connectivity index (χ1v) is 9.35. The molecule has 0 unspecified atom stereocenters. The summed E-state index contributed by atoms with van der Waals surface area (Å²) in [4.78, 5) is 27.3. The first kappa shape index (κ1) is 26.7. The minimum atomic E-state index is -0.816. The quantitative estimate of drug-likeness (QED) is 0.258. The van der Waals surface area contributed by atoms with Crippen LogP contribution in [0.15, 0.2) is 15.8 Å². The summed E-state index contributed by atoms with van der Waals surface area (Å²) in [5.74, 6) is 0. The standard InChI is InChI=1S/C11H16N2O5.C5H11NS2.Na/c1-2-6-4-13(11(17)12-10(6)16)9-3-7(15)8(5-14)18-9;1-3-6(4-2)5(7)8;/h4,7-9,14-15H,2-3,5H2,1H3,(H,12,16,17);3-4H2,1-2H3,(H,7,8);/q;;+1/p-1/t7-,8+,9+;;/m0../s1. The minimum absolute atomic E-state index is 0. The molecule has 8 nitrogen and oxygen atoms in total. The van der Waals surface area contributed by atoms with Gasteiger partial charge in [0.05, 0.1) is 12.7 Å². The van der Waals surface area contributed by atoms with Gasteiger partial charge in [0.2, 0.25) is 0 Å². The van der Waals surface area contributed by atoms with Gasteiger partial charge < -0.3 is 44.7 Å². The van der Waals surface area contributed by atoms with Gasteiger partial charge in [-0.15, -0.1) is 0 Å². The molecule has 2 rings (SSSR count). The molecule has 1 aliphatic heterocycles. The Labute approximate surface area is 191 Å². The topological polar surface area (TPSA) is 108 Å². The molecule has 0 saturated carbocycles. The molecule has 1 fully saturated rings. The molecule has 3 atom stereocenters. The van der Waals surface area contributed by atoms with E-state index in [9.17, 15) is 14.7 Å². The molecule has 1 aliphatic rings. The number of aromatic nitrogens is 2. The number of hydrogen-bond acceptors (Lipinski definition) is 7. The number of aliphatic hydroxyl groups excluding tert-OH is 2. The summed E-state index contributed by atoms with van der Waals surface area (Å²) in [5.41, 5.74) is -0.510. The van der Waals surface area contributed by atoms with Crippen molar-refractivity contribution >= 4 is 29.2 Å². The molecule has 148 valence electrons. The second-order valence-corrected chi connectivity index (χ2v) is 6.76. The van der Waals surface area contributed by atoms with E-state index in [1.165, 1.54) is 10.8 Å². The van der Waals surface area contributed by atoms with E-state index >= 15 is 0 Å². The summed E-state index contributed by atoms with van der Waals surface area (Å²) in [6.07, 6.45) is -0.0259. The number of H-pyrrole nitrogens is 1. The summed E-state index contributed by atoms with van der Waals surface area (Å²) in [7, 11) is 0. The Morgan fingerprint density at radius 1 is 1.41 bits per heavy atom. The van der Waals surface area contributed by atoms with Gasteiger partial charge in [-0.1, -0.05) is 11.2 Å². The maximum atomic E-state index is 11.7. The third-order valence-electron chi connectivity index (χ3n) is 4.14. The molecule has 2 heterocycles. The van der Waals surface area contributed by atoms with Crippen molar-refractivity contribution in [2.24, 2.45) is 0 Å². The van der Waals surface area contributed by atoms with Crippen LogP contribution in [0.3, 0.4) is 0 Å². The van der Waals surface area contributed by atoms with Crippen LogP contribution >= 0.6 is 12.2 Å². The Morgan fingerprint density at radius 3 is 2.37 bits per heavy atom. The Morgan fingerprint density at radius 2 is 2.00 bits per heavy atom. The van der Waals surface area contributed by atoms with E-state index in [1.807, 2.05) is 18.7 Å². The van der Waals surface area contributed by atoms with Crippen molar-refractivity contribution in [2.75, 3.05) is 19.7 Å². The van der Waals surface area contributed by atoms with Crippen LogP contribution in [0.4, 0.5) is 0 Å². The molecule has 0 spiro atoms. The van der Waals surface area contributed by atoms with Crippen molar-refractivity contribution in [2.45, 2.75) is 52.0 Å². The van der Waals surface area contributed by atoms with Gasteiger partial charge in [0.25, 0.3) is 5.56 Å². The molecule has 1 saturated heterocycles. The van der Waals surface area contributed by atoms with Crippen molar-refractivity contribution in [3.8, 4) is 0 Å². The minimum Gasteiger partial charge on any atom is -0.411 e. The predicted molar refractivity (Wildman–Crippen MR) is 105 cm³/mol. The fourth-order valence-corrected chi connectivity index (χ4v) is 3.04. The number of nitrogens with one attached hydrogen (secondary N) is 1. The summed E-state index contributed by atoms with van der Waals surface area (Å²) < 4.78 is 7.20. The fraction of sp³-hybridized carbons (Fsp3) is 0.688. The fourth-order valence-electron chi connectivity index (χ4n) is 2.52. The molecular formula is C16H26N3NaO5S2. The average Bonchev–Trinajstić information content (AvgIpc) is 2.97. The van der Waals surface area contributed by atoms with Crippen molar-refractivity contribution < 1.29 is 44.5 Å². The first-order valence-electron chi connectivity index (χ1n) is 8.53. The van der Waals surface area contributed by atoms with Crippen LogP contribution in [0.5, 0.6) is 0 Å². The summed E-state index contributed by atoms with van der Waals surface area (Å²) in [5, 5.41) is 18.6. The zero-order valence-electron chi connectivity index (χ0n) is 16.2. The van der Waals surface area contributed by atoms with Crippen LogP contribution in [0.25, 0.3) is 0 Å². The maximum absolute atomic E-state index is 11.7. The number of aryl methyl sites for hydroxylation is 1. The Kier molecular flexibility index (Phi) is 12.8. The Hall–Kier alpha value is -0.330. The molecule has 0 aromatic carbocycles. The number of ether oxygens (including phenoxy) is 1. The van der Waals surface area contributed by atoms with E-state index in [0.29, 0.717) is 16.3 Å². The smallest absolute Gasteiger partial charge is 0.411 e. The van der Waals surface area contributed by atoms with E-state index in [1.54, 1.807) is 6.92 Å². The van der Waals surface area contributed by atoms with Gasteiger partial charge in [-0.3, -0.25) is 14.3 Å². The zero-order valence-corrected chi connectivity index (χ0v) is 19.8. The largest absolute Gasteiger partial charge is 1.00 e. The summed E-state index contributed by atoms with van der Waals surface area (Å²) in [6, 6.07) is 0. The van der Waals surface area contributed by atoms with Gasteiger partial charge in [0, 0.05) is 31.3 Å². The van der Waals surface area contributed by atoms with Gasteiger partial charge in [-0.2, -0.15) is 0 Å². The molecule has 3 N–H and O–H groups in total. The summed E-state index contributed by atoms with van der Waals surface area (Å²) in [6.45, 7) is 7.44. The van der Waals surface area contributed by atoms with Crippen LogP contribution in [-0.2, 0) is 23.8 Å². The van der Waals surface area contributed by atoms with Gasteiger partial charge in [-0.05, 0) is 20.3 Å². The Bertz CT molecular complexity index is 708. The average molecular weight is 428 g/mol. The number of nitrogens with zero attached hydrogens (tertiary/aromatic N) is 2. The van der Waals surface area contributed by atoms with Crippen molar-refractivity contribution in [1.82, 2.24) is 14.5 Å². The normalized spacial score (nSPS) is 21.0. The van der Waals surface area contributed by atoms with Crippen LogP contribution < -0.4 is 40.8 Å². The number of hydrogen-bond donors (Lipinski definition) is 3. The number of thiocarbonyl (C=S) groups is 1. The second-order valence-electron chi connectivity index (χ2n) is 5.73. The zero-order chi connectivity index (χ0) is 19.9.